The van der Waals surface area contributed by atoms with E-state index in [2.05, 4.69) is 31.4 Å². The topological polar surface area (TPSA) is 83.8 Å². The molecule has 114 valence electrons. The third kappa shape index (κ3) is 3.75. The molecule has 0 bridgehead atoms. The van der Waals surface area contributed by atoms with E-state index in [1.54, 1.807) is 24.3 Å². The number of rotatable bonds is 4. The van der Waals surface area contributed by atoms with Gasteiger partial charge >= 0.3 is 0 Å². The zero-order valence-corrected chi connectivity index (χ0v) is 13.7. The van der Waals surface area contributed by atoms with Gasteiger partial charge in [-0.1, -0.05) is 11.6 Å². The van der Waals surface area contributed by atoms with Crippen LogP contribution < -0.4 is 10.2 Å². The second-order valence-corrected chi connectivity index (χ2v) is 5.31. The molecule has 1 aromatic heterocycles. The van der Waals surface area contributed by atoms with Gasteiger partial charge in [-0.3, -0.25) is 4.79 Å². The van der Waals surface area contributed by atoms with Crippen molar-refractivity contribution in [3.63, 3.8) is 0 Å². The van der Waals surface area contributed by atoms with Crippen LogP contribution in [0.2, 0.25) is 5.15 Å². The number of hydrazone groups is 1. The lowest BCUT2D eigenvalue weighted by Gasteiger charge is -2.06. The highest BCUT2D eigenvalue weighted by Crippen LogP contribution is 2.34. The minimum Gasteiger partial charge on any atom is -0.503 e. The number of ether oxygens (including phenoxy) is 1. The van der Waals surface area contributed by atoms with E-state index in [9.17, 15) is 9.90 Å². The molecular weight excluding hydrogens is 374 g/mol. The highest BCUT2D eigenvalue weighted by atomic mass is 79.9. The van der Waals surface area contributed by atoms with Crippen molar-refractivity contribution in [3.8, 4) is 11.5 Å². The molecule has 0 aliphatic rings. The molecule has 0 unspecified atom stereocenters. The Labute approximate surface area is 139 Å². The fraction of sp³-hybridized carbons (Fsp3) is 0.0714. The molecule has 1 heterocycles. The largest absolute Gasteiger partial charge is 0.503 e. The van der Waals surface area contributed by atoms with Gasteiger partial charge in [-0.25, -0.2) is 10.4 Å². The van der Waals surface area contributed by atoms with Gasteiger partial charge in [0.05, 0.1) is 23.4 Å². The van der Waals surface area contributed by atoms with Gasteiger partial charge in [-0.15, -0.1) is 0 Å². The van der Waals surface area contributed by atoms with Gasteiger partial charge in [-0.2, -0.15) is 5.10 Å². The lowest BCUT2D eigenvalue weighted by Crippen LogP contribution is -2.18. The maximum Gasteiger partial charge on any atom is 0.274 e. The van der Waals surface area contributed by atoms with E-state index in [1.807, 2.05) is 0 Å². The number of carbonyl (C=O) groups is 1. The predicted molar refractivity (Wildman–Crippen MR) is 86.7 cm³/mol. The van der Waals surface area contributed by atoms with Crippen molar-refractivity contribution in [1.82, 2.24) is 10.4 Å². The Balaban J connectivity index is 2.12. The Kier molecular flexibility index (Phi) is 5.35. The van der Waals surface area contributed by atoms with E-state index < -0.39 is 5.91 Å². The summed E-state index contributed by atoms with van der Waals surface area (Å²) in [5, 5.41) is 13.6. The van der Waals surface area contributed by atoms with Crippen LogP contribution in [0, 0.1) is 0 Å². The summed E-state index contributed by atoms with van der Waals surface area (Å²) in [5.74, 6) is -0.192. The standard InChI is InChI=1S/C14H11BrClN3O3/c1-22-11-6-8(5-10(15)12(11)20)7-18-19-14(21)9-3-2-4-17-13(9)16/h2-7,20H,1H3,(H,19,21)/b18-7+. The van der Waals surface area contributed by atoms with Gasteiger partial charge in [0.25, 0.3) is 5.91 Å². The monoisotopic (exact) mass is 383 g/mol. The number of methoxy groups -OCH3 is 1. The number of benzene rings is 1. The predicted octanol–water partition coefficient (Wildman–Crippen LogP) is 2.98. The SMILES string of the molecule is COc1cc(/C=N/NC(=O)c2cccnc2Cl)cc(Br)c1O. The molecule has 22 heavy (non-hydrogen) atoms. The summed E-state index contributed by atoms with van der Waals surface area (Å²) in [7, 11) is 1.44. The number of aromatic nitrogens is 1. The molecule has 6 nitrogen and oxygen atoms in total. The van der Waals surface area contributed by atoms with Crippen molar-refractivity contribution < 1.29 is 14.6 Å². The van der Waals surface area contributed by atoms with E-state index in [1.165, 1.54) is 19.5 Å². The highest BCUT2D eigenvalue weighted by Gasteiger charge is 2.10. The molecule has 2 rings (SSSR count). The fourth-order valence-corrected chi connectivity index (χ4v) is 2.27. The van der Waals surface area contributed by atoms with Crippen molar-refractivity contribution in [2.24, 2.45) is 5.10 Å². The van der Waals surface area contributed by atoms with E-state index in [0.717, 1.165) is 0 Å². The van der Waals surface area contributed by atoms with Crippen LogP contribution in [-0.2, 0) is 0 Å². The summed E-state index contributed by atoms with van der Waals surface area (Å²) < 4.78 is 5.48. The molecule has 1 aromatic carbocycles. The third-order valence-electron chi connectivity index (χ3n) is 2.65. The average molecular weight is 385 g/mol. The minimum absolute atomic E-state index is 0.00849. The summed E-state index contributed by atoms with van der Waals surface area (Å²) in [6.07, 6.45) is 2.90. The number of aromatic hydroxyl groups is 1. The van der Waals surface area contributed by atoms with Crippen LogP contribution in [0.1, 0.15) is 15.9 Å². The zero-order chi connectivity index (χ0) is 16.1. The molecule has 0 saturated heterocycles. The smallest absolute Gasteiger partial charge is 0.274 e. The Hall–Kier alpha value is -2.12. The Morgan fingerprint density at radius 2 is 2.32 bits per heavy atom. The van der Waals surface area contributed by atoms with Crippen LogP contribution >= 0.6 is 27.5 Å². The van der Waals surface area contributed by atoms with Crippen molar-refractivity contribution in [2.45, 2.75) is 0 Å². The summed E-state index contributed by atoms with van der Waals surface area (Å²) >= 11 is 9.02. The summed E-state index contributed by atoms with van der Waals surface area (Å²) in [6.45, 7) is 0. The average Bonchev–Trinajstić information content (AvgIpc) is 2.50. The van der Waals surface area contributed by atoms with Crippen LogP contribution in [0.25, 0.3) is 0 Å². The van der Waals surface area contributed by atoms with Crippen LogP contribution in [0.5, 0.6) is 11.5 Å². The fourth-order valence-electron chi connectivity index (χ4n) is 1.60. The van der Waals surface area contributed by atoms with Gasteiger partial charge in [0.2, 0.25) is 0 Å². The minimum atomic E-state index is -0.473. The number of nitrogens with one attached hydrogen (secondary N) is 1. The number of hydrogen-bond acceptors (Lipinski definition) is 5. The van der Waals surface area contributed by atoms with Gasteiger partial charge in [0.15, 0.2) is 11.5 Å². The van der Waals surface area contributed by atoms with Gasteiger partial charge in [0.1, 0.15) is 5.15 Å². The molecular formula is C14H11BrClN3O3. The number of phenolic OH excluding ortho intramolecular Hbond substituents is 1. The van der Waals surface area contributed by atoms with Crippen LogP contribution in [0.15, 0.2) is 40.0 Å². The highest BCUT2D eigenvalue weighted by molar-refractivity contribution is 9.10. The van der Waals surface area contributed by atoms with Gasteiger partial charge < -0.3 is 9.84 Å². The molecule has 0 spiro atoms. The van der Waals surface area contributed by atoms with Crippen LogP contribution in [-0.4, -0.2) is 29.3 Å². The lowest BCUT2D eigenvalue weighted by atomic mass is 10.2. The van der Waals surface area contributed by atoms with Crippen LogP contribution in [0.3, 0.4) is 0 Å². The van der Waals surface area contributed by atoms with Gasteiger partial charge in [0, 0.05) is 6.20 Å². The van der Waals surface area contributed by atoms with E-state index in [0.29, 0.717) is 10.0 Å². The number of carbonyl (C=O) groups excluding carboxylic acids is 1. The molecule has 1 amide bonds. The van der Waals surface area contributed by atoms with Crippen molar-refractivity contribution in [1.29, 1.82) is 0 Å². The first kappa shape index (κ1) is 16.3. The zero-order valence-electron chi connectivity index (χ0n) is 11.4. The maximum absolute atomic E-state index is 11.9. The Morgan fingerprint density at radius 3 is 3.00 bits per heavy atom. The van der Waals surface area contributed by atoms with E-state index in [-0.39, 0.29) is 22.2 Å². The number of halogens is 2. The molecule has 0 atom stereocenters. The van der Waals surface area contributed by atoms with Crippen molar-refractivity contribution >= 4 is 39.7 Å². The molecule has 8 heteroatoms. The Bertz CT molecular complexity index is 737. The third-order valence-corrected chi connectivity index (χ3v) is 3.56. The maximum atomic E-state index is 11.9. The molecule has 0 aliphatic carbocycles. The number of hydrogen-bond donors (Lipinski definition) is 2. The Morgan fingerprint density at radius 1 is 1.55 bits per heavy atom. The second-order valence-electron chi connectivity index (χ2n) is 4.09. The molecule has 2 N–H and O–H groups in total. The molecule has 0 fully saturated rings. The van der Waals surface area contributed by atoms with Crippen molar-refractivity contribution in [3.05, 3.63) is 51.2 Å². The number of nitrogens with zero attached hydrogens (tertiary/aromatic N) is 2. The van der Waals surface area contributed by atoms with Gasteiger partial charge in [-0.05, 0) is 45.8 Å². The number of phenols is 1. The lowest BCUT2D eigenvalue weighted by molar-refractivity contribution is 0.0955. The van der Waals surface area contributed by atoms with Crippen LogP contribution in [0.4, 0.5) is 0 Å². The quantitative estimate of drug-likeness (QED) is 0.482. The first-order valence-electron chi connectivity index (χ1n) is 6.03. The second kappa shape index (κ2) is 7.24. The molecule has 0 saturated carbocycles. The number of pyridine rings is 1. The van der Waals surface area contributed by atoms with E-state index in [4.69, 9.17) is 16.3 Å². The first-order chi connectivity index (χ1) is 10.5. The summed E-state index contributed by atoms with van der Waals surface area (Å²) in [6, 6.07) is 6.35. The van der Waals surface area contributed by atoms with Crippen molar-refractivity contribution in [2.75, 3.05) is 7.11 Å². The summed E-state index contributed by atoms with van der Waals surface area (Å²) in [4.78, 5) is 15.7. The normalized spacial score (nSPS) is 10.7. The molecule has 0 aliphatic heterocycles. The number of amides is 1. The summed E-state index contributed by atoms with van der Waals surface area (Å²) in [5.41, 5.74) is 3.20. The molecule has 0 radical (unpaired) electrons. The first-order valence-corrected chi connectivity index (χ1v) is 7.20. The van der Waals surface area contributed by atoms with E-state index >= 15 is 0 Å². The molecule has 2 aromatic rings.